The van der Waals surface area contributed by atoms with Crippen molar-refractivity contribution in [1.82, 2.24) is 9.62 Å². The van der Waals surface area contributed by atoms with Gasteiger partial charge >= 0.3 is 0 Å². The summed E-state index contributed by atoms with van der Waals surface area (Å²) in [5.41, 5.74) is 0.442. The number of nitrogens with one attached hydrogen (secondary N) is 2. The summed E-state index contributed by atoms with van der Waals surface area (Å²) in [4.78, 5) is 12.3. The summed E-state index contributed by atoms with van der Waals surface area (Å²) in [6.45, 7) is 6.46. The maximum Gasteiger partial charge on any atom is 0.246 e. The van der Waals surface area contributed by atoms with Crippen molar-refractivity contribution in [1.29, 1.82) is 0 Å². The highest BCUT2D eigenvalue weighted by atomic mass is 35.5. The first-order valence-electron chi connectivity index (χ1n) is 8.33. The van der Waals surface area contributed by atoms with Crippen LogP contribution in [0.3, 0.4) is 0 Å². The van der Waals surface area contributed by atoms with E-state index in [1.54, 1.807) is 44.7 Å². The zero-order valence-corrected chi connectivity index (χ0v) is 17.6. The Kier molecular flexibility index (Phi) is 9.18. The van der Waals surface area contributed by atoms with E-state index in [9.17, 15) is 13.2 Å². The zero-order valence-electron chi connectivity index (χ0n) is 15.1. The molecule has 1 unspecified atom stereocenters. The minimum Gasteiger partial charge on any atom is -0.492 e. The van der Waals surface area contributed by atoms with Crippen molar-refractivity contribution in [2.75, 3.05) is 36.6 Å². The second kappa shape index (κ2) is 10.4. The van der Waals surface area contributed by atoms with Gasteiger partial charge in [-0.15, -0.1) is 24.2 Å². The molecule has 26 heavy (non-hydrogen) atoms. The van der Waals surface area contributed by atoms with E-state index >= 15 is 0 Å². The van der Waals surface area contributed by atoms with Crippen LogP contribution >= 0.6 is 24.2 Å². The van der Waals surface area contributed by atoms with E-state index in [-0.39, 0.29) is 29.3 Å². The molecule has 1 aromatic carbocycles. The third-order valence-electron chi connectivity index (χ3n) is 3.87. The van der Waals surface area contributed by atoms with Crippen molar-refractivity contribution >= 4 is 45.8 Å². The number of hydrogen-bond acceptors (Lipinski definition) is 6. The van der Waals surface area contributed by atoms with E-state index in [0.717, 1.165) is 5.88 Å². The molecule has 0 saturated carbocycles. The Bertz CT molecular complexity index is 705. The van der Waals surface area contributed by atoms with E-state index < -0.39 is 10.0 Å². The molecule has 0 aliphatic carbocycles. The summed E-state index contributed by atoms with van der Waals surface area (Å²) < 4.78 is 32.7. The van der Waals surface area contributed by atoms with Crippen LogP contribution in [0.25, 0.3) is 0 Å². The second-order valence-electron chi connectivity index (χ2n) is 5.44. The molecule has 1 aliphatic heterocycles. The highest BCUT2D eigenvalue weighted by Gasteiger charge is 2.27. The van der Waals surface area contributed by atoms with Crippen LogP contribution in [0.15, 0.2) is 23.1 Å². The Morgan fingerprint density at radius 2 is 2.04 bits per heavy atom. The fourth-order valence-corrected chi connectivity index (χ4v) is 5.11. The van der Waals surface area contributed by atoms with Crippen LogP contribution in [0.5, 0.6) is 5.75 Å². The van der Waals surface area contributed by atoms with Crippen LogP contribution in [-0.4, -0.2) is 56.0 Å². The second-order valence-corrected chi connectivity index (χ2v) is 8.38. The topological polar surface area (TPSA) is 87.7 Å². The number of benzene rings is 1. The molecule has 1 aromatic rings. The SMILES string of the molecule is CCOc1ccc(NC(=O)C2CSCN2)cc1S(=O)(=O)N(CC)CC.Cl. The third kappa shape index (κ3) is 5.26. The molecule has 0 aromatic heterocycles. The first-order chi connectivity index (χ1) is 11.9. The number of hydrogen-bond donors (Lipinski definition) is 2. The normalized spacial score (nSPS) is 17.0. The van der Waals surface area contributed by atoms with Crippen molar-refractivity contribution in [3.05, 3.63) is 18.2 Å². The molecule has 7 nitrogen and oxygen atoms in total. The number of carbonyl (C=O) groups is 1. The van der Waals surface area contributed by atoms with Crippen LogP contribution in [-0.2, 0) is 14.8 Å². The van der Waals surface area contributed by atoms with Gasteiger partial charge in [-0.25, -0.2) is 8.42 Å². The first kappa shape index (κ1) is 23.0. The van der Waals surface area contributed by atoms with Crippen molar-refractivity contribution < 1.29 is 17.9 Å². The summed E-state index contributed by atoms with van der Waals surface area (Å²) in [7, 11) is -3.69. The standard InChI is InChI=1S/C16H25N3O4S2.ClH/c1-4-19(5-2)25(21,22)15-9-12(7-8-14(15)23-6-3)18-16(20)13-10-24-11-17-13;/h7-9,13,17H,4-6,10-11H2,1-3H3,(H,18,20);1H. The van der Waals surface area contributed by atoms with Gasteiger partial charge in [-0.05, 0) is 25.1 Å². The van der Waals surface area contributed by atoms with Gasteiger partial charge in [0.25, 0.3) is 0 Å². The number of halogens is 1. The van der Waals surface area contributed by atoms with Gasteiger partial charge < -0.3 is 10.1 Å². The van der Waals surface area contributed by atoms with E-state index in [2.05, 4.69) is 10.6 Å². The molecule has 10 heteroatoms. The predicted molar refractivity (Wildman–Crippen MR) is 108 cm³/mol. The third-order valence-corrected chi connectivity index (χ3v) is 6.88. The lowest BCUT2D eigenvalue weighted by Gasteiger charge is -2.21. The summed E-state index contributed by atoms with van der Waals surface area (Å²) in [6, 6.07) is 4.46. The lowest BCUT2D eigenvalue weighted by atomic mass is 10.2. The molecule has 1 fully saturated rings. The minimum atomic E-state index is -3.69. The Labute approximate surface area is 165 Å². The van der Waals surface area contributed by atoms with Crippen LogP contribution in [0.1, 0.15) is 20.8 Å². The van der Waals surface area contributed by atoms with Gasteiger partial charge in [0, 0.05) is 30.4 Å². The van der Waals surface area contributed by atoms with Crippen LogP contribution in [0, 0.1) is 0 Å². The average molecular weight is 424 g/mol. The fourth-order valence-electron chi connectivity index (χ4n) is 2.56. The van der Waals surface area contributed by atoms with Gasteiger partial charge in [0.2, 0.25) is 15.9 Å². The maximum atomic E-state index is 12.9. The zero-order chi connectivity index (χ0) is 18.4. The van der Waals surface area contributed by atoms with E-state index in [4.69, 9.17) is 4.74 Å². The number of thioether (sulfide) groups is 1. The maximum absolute atomic E-state index is 12.9. The molecule has 2 rings (SSSR count). The van der Waals surface area contributed by atoms with Crippen LogP contribution in [0.4, 0.5) is 5.69 Å². The molecule has 1 aliphatic rings. The summed E-state index contributed by atoms with van der Waals surface area (Å²) in [5, 5.41) is 5.88. The molecular formula is C16H26ClN3O4S2. The monoisotopic (exact) mass is 423 g/mol. The lowest BCUT2D eigenvalue weighted by molar-refractivity contribution is -0.117. The van der Waals surface area contributed by atoms with Gasteiger partial charge in [0.1, 0.15) is 10.6 Å². The Morgan fingerprint density at radius 3 is 2.58 bits per heavy atom. The molecular weight excluding hydrogens is 398 g/mol. The van der Waals surface area contributed by atoms with E-state index in [1.807, 2.05) is 0 Å². The summed E-state index contributed by atoms with van der Waals surface area (Å²) in [6.07, 6.45) is 0. The van der Waals surface area contributed by atoms with E-state index in [1.165, 1.54) is 10.4 Å². The van der Waals surface area contributed by atoms with Crippen LogP contribution in [0.2, 0.25) is 0 Å². The van der Waals surface area contributed by atoms with Gasteiger partial charge in [-0.2, -0.15) is 4.31 Å². The highest BCUT2D eigenvalue weighted by Crippen LogP contribution is 2.30. The number of ether oxygens (including phenoxy) is 1. The number of rotatable bonds is 8. The predicted octanol–water partition coefficient (Wildman–Crippen LogP) is 2.14. The molecule has 148 valence electrons. The van der Waals surface area contributed by atoms with Crippen LogP contribution < -0.4 is 15.4 Å². The lowest BCUT2D eigenvalue weighted by Crippen LogP contribution is -2.37. The quantitative estimate of drug-likeness (QED) is 0.666. The summed E-state index contributed by atoms with van der Waals surface area (Å²) in [5.74, 6) is 1.57. The average Bonchev–Trinajstić information content (AvgIpc) is 3.12. The molecule has 2 N–H and O–H groups in total. The number of anilines is 1. The smallest absolute Gasteiger partial charge is 0.246 e. The largest absolute Gasteiger partial charge is 0.492 e. The molecule has 0 spiro atoms. The molecule has 1 amide bonds. The van der Waals surface area contributed by atoms with E-state index in [0.29, 0.717) is 36.9 Å². The van der Waals surface area contributed by atoms with Crippen molar-refractivity contribution in [2.45, 2.75) is 31.7 Å². The number of amides is 1. The molecule has 0 radical (unpaired) electrons. The fraction of sp³-hybridized carbons (Fsp3) is 0.562. The van der Waals surface area contributed by atoms with Crippen molar-refractivity contribution in [3.8, 4) is 5.75 Å². The Balaban J connectivity index is 0.00000338. The van der Waals surface area contributed by atoms with Gasteiger partial charge in [0.15, 0.2) is 0 Å². The van der Waals surface area contributed by atoms with Crippen molar-refractivity contribution in [3.63, 3.8) is 0 Å². The Morgan fingerprint density at radius 1 is 1.35 bits per heavy atom. The summed E-state index contributed by atoms with van der Waals surface area (Å²) >= 11 is 1.65. The number of sulfonamides is 1. The van der Waals surface area contributed by atoms with Gasteiger partial charge in [-0.3, -0.25) is 10.1 Å². The van der Waals surface area contributed by atoms with Gasteiger partial charge in [0.05, 0.1) is 12.6 Å². The first-order valence-corrected chi connectivity index (χ1v) is 10.9. The molecule has 1 atom stereocenters. The highest BCUT2D eigenvalue weighted by molar-refractivity contribution is 7.99. The van der Waals surface area contributed by atoms with Crippen molar-refractivity contribution in [2.24, 2.45) is 0 Å². The minimum absolute atomic E-state index is 0. The number of nitrogens with zero attached hydrogens (tertiary/aromatic N) is 1. The molecule has 1 heterocycles. The number of carbonyl (C=O) groups excluding carboxylic acids is 1. The Hall–Kier alpha value is -1.00. The van der Waals surface area contributed by atoms with Gasteiger partial charge in [-0.1, -0.05) is 13.8 Å². The molecule has 0 bridgehead atoms. The molecule has 1 saturated heterocycles.